The SMILES string of the molecule is NCC1(CCN(CC2CC2)C2CC2)CCC1. The fraction of sp³-hybridized carbons (Fsp3) is 1.00. The molecule has 0 amide bonds. The van der Waals surface area contributed by atoms with Crippen molar-refractivity contribution in [1.29, 1.82) is 0 Å². The lowest BCUT2D eigenvalue weighted by molar-refractivity contribution is 0.102. The van der Waals surface area contributed by atoms with Gasteiger partial charge in [-0.15, -0.1) is 0 Å². The van der Waals surface area contributed by atoms with Crippen LogP contribution < -0.4 is 5.73 Å². The van der Waals surface area contributed by atoms with E-state index in [1.54, 1.807) is 0 Å². The zero-order valence-corrected chi connectivity index (χ0v) is 10.5. The molecular formula is C14H26N2. The van der Waals surface area contributed by atoms with Gasteiger partial charge in [-0.2, -0.15) is 0 Å². The maximum absolute atomic E-state index is 5.94. The van der Waals surface area contributed by atoms with E-state index in [-0.39, 0.29) is 0 Å². The van der Waals surface area contributed by atoms with Crippen LogP contribution in [-0.4, -0.2) is 30.6 Å². The highest BCUT2D eigenvalue weighted by Crippen LogP contribution is 2.44. The molecule has 0 aromatic rings. The third kappa shape index (κ3) is 2.43. The Hall–Kier alpha value is -0.0800. The number of nitrogens with two attached hydrogens (primary N) is 1. The summed E-state index contributed by atoms with van der Waals surface area (Å²) in [4.78, 5) is 2.79. The average molecular weight is 222 g/mol. The van der Waals surface area contributed by atoms with Crippen LogP contribution in [0.25, 0.3) is 0 Å². The molecule has 0 heterocycles. The molecule has 2 N–H and O–H groups in total. The first kappa shape index (κ1) is 11.0. The van der Waals surface area contributed by atoms with E-state index in [1.165, 1.54) is 64.5 Å². The molecule has 92 valence electrons. The van der Waals surface area contributed by atoms with Crippen molar-refractivity contribution >= 4 is 0 Å². The quantitative estimate of drug-likeness (QED) is 0.716. The molecule has 0 saturated heterocycles. The second-order valence-electron chi connectivity index (χ2n) is 6.48. The zero-order valence-electron chi connectivity index (χ0n) is 10.5. The third-order valence-corrected chi connectivity index (χ3v) is 5.03. The van der Waals surface area contributed by atoms with Crippen LogP contribution in [0.5, 0.6) is 0 Å². The lowest BCUT2D eigenvalue weighted by Crippen LogP contribution is -2.41. The highest BCUT2D eigenvalue weighted by molar-refractivity contribution is 4.93. The molecule has 3 aliphatic rings. The zero-order chi connectivity index (χ0) is 11.0. The second kappa shape index (κ2) is 4.30. The topological polar surface area (TPSA) is 29.3 Å². The predicted molar refractivity (Wildman–Crippen MR) is 67.3 cm³/mol. The van der Waals surface area contributed by atoms with E-state index in [0.717, 1.165) is 18.5 Å². The summed E-state index contributed by atoms with van der Waals surface area (Å²) in [6.45, 7) is 3.65. The summed E-state index contributed by atoms with van der Waals surface area (Å²) in [6.07, 6.45) is 11.5. The van der Waals surface area contributed by atoms with Gasteiger partial charge < -0.3 is 10.6 Å². The lowest BCUT2D eigenvalue weighted by Gasteiger charge is -2.42. The van der Waals surface area contributed by atoms with Gasteiger partial charge in [0.1, 0.15) is 0 Å². The van der Waals surface area contributed by atoms with Gasteiger partial charge in [-0.25, -0.2) is 0 Å². The Kier molecular flexibility index (Phi) is 2.97. The van der Waals surface area contributed by atoms with E-state index in [1.807, 2.05) is 0 Å². The van der Waals surface area contributed by atoms with Gasteiger partial charge in [0.15, 0.2) is 0 Å². The van der Waals surface area contributed by atoms with Gasteiger partial charge in [0.05, 0.1) is 0 Å². The summed E-state index contributed by atoms with van der Waals surface area (Å²) in [7, 11) is 0. The van der Waals surface area contributed by atoms with Crippen LogP contribution in [0.4, 0.5) is 0 Å². The largest absolute Gasteiger partial charge is 0.330 e. The Bertz CT molecular complexity index is 234. The molecule has 2 heteroatoms. The average Bonchev–Trinajstić information content (AvgIpc) is 3.09. The minimum atomic E-state index is 0.552. The summed E-state index contributed by atoms with van der Waals surface area (Å²) in [5, 5.41) is 0. The monoisotopic (exact) mass is 222 g/mol. The smallest absolute Gasteiger partial charge is 0.00965 e. The Labute approximate surface area is 99.6 Å². The Morgan fingerprint density at radius 1 is 1.12 bits per heavy atom. The Morgan fingerprint density at radius 2 is 1.88 bits per heavy atom. The summed E-state index contributed by atoms with van der Waals surface area (Å²) in [5.41, 5.74) is 6.49. The minimum absolute atomic E-state index is 0.552. The molecule has 2 nitrogen and oxygen atoms in total. The van der Waals surface area contributed by atoms with Crippen molar-refractivity contribution in [2.24, 2.45) is 17.1 Å². The molecule has 0 spiro atoms. The number of nitrogens with zero attached hydrogens (tertiary/aromatic N) is 1. The molecule has 0 aromatic carbocycles. The fourth-order valence-electron chi connectivity index (χ4n) is 3.11. The van der Waals surface area contributed by atoms with Crippen LogP contribution in [0.15, 0.2) is 0 Å². The molecule has 0 bridgehead atoms. The highest BCUT2D eigenvalue weighted by atomic mass is 15.2. The molecule has 0 aliphatic heterocycles. The van der Waals surface area contributed by atoms with Crippen molar-refractivity contribution in [2.45, 2.75) is 57.4 Å². The van der Waals surface area contributed by atoms with Crippen LogP contribution in [0.3, 0.4) is 0 Å². The molecule has 3 fully saturated rings. The first-order valence-corrected chi connectivity index (χ1v) is 7.25. The maximum atomic E-state index is 5.94. The van der Waals surface area contributed by atoms with Crippen molar-refractivity contribution in [3.05, 3.63) is 0 Å². The fourth-order valence-corrected chi connectivity index (χ4v) is 3.11. The van der Waals surface area contributed by atoms with Crippen LogP contribution in [0.2, 0.25) is 0 Å². The molecular weight excluding hydrogens is 196 g/mol. The van der Waals surface area contributed by atoms with Gasteiger partial charge in [-0.05, 0) is 69.4 Å². The van der Waals surface area contributed by atoms with Crippen molar-refractivity contribution < 1.29 is 0 Å². The van der Waals surface area contributed by atoms with Crippen LogP contribution in [0, 0.1) is 11.3 Å². The van der Waals surface area contributed by atoms with E-state index in [9.17, 15) is 0 Å². The molecule has 0 aromatic heterocycles. The van der Waals surface area contributed by atoms with E-state index < -0.39 is 0 Å². The highest BCUT2D eigenvalue weighted by Gasteiger charge is 2.38. The standard InChI is InChI=1S/C14H26N2/c15-11-14(6-1-7-14)8-9-16(13-4-5-13)10-12-2-3-12/h12-13H,1-11,15H2. The first-order valence-electron chi connectivity index (χ1n) is 7.25. The summed E-state index contributed by atoms with van der Waals surface area (Å²) < 4.78 is 0. The molecule has 0 radical (unpaired) electrons. The van der Waals surface area contributed by atoms with Gasteiger partial charge in [-0.1, -0.05) is 6.42 Å². The lowest BCUT2D eigenvalue weighted by atomic mass is 9.66. The van der Waals surface area contributed by atoms with Crippen molar-refractivity contribution in [3.63, 3.8) is 0 Å². The minimum Gasteiger partial charge on any atom is -0.330 e. The van der Waals surface area contributed by atoms with Crippen LogP contribution in [0.1, 0.15) is 51.4 Å². The number of rotatable bonds is 7. The Morgan fingerprint density at radius 3 is 2.31 bits per heavy atom. The Balaban J connectivity index is 1.46. The number of hydrogen-bond donors (Lipinski definition) is 1. The van der Waals surface area contributed by atoms with E-state index >= 15 is 0 Å². The van der Waals surface area contributed by atoms with Crippen molar-refractivity contribution in [1.82, 2.24) is 4.90 Å². The normalized spacial score (nSPS) is 28.1. The molecule has 3 saturated carbocycles. The van der Waals surface area contributed by atoms with Crippen LogP contribution >= 0.6 is 0 Å². The molecule has 16 heavy (non-hydrogen) atoms. The third-order valence-electron chi connectivity index (χ3n) is 5.03. The van der Waals surface area contributed by atoms with Gasteiger partial charge in [0.2, 0.25) is 0 Å². The van der Waals surface area contributed by atoms with E-state index in [0.29, 0.717) is 5.41 Å². The first-order chi connectivity index (χ1) is 7.81. The molecule has 0 atom stereocenters. The van der Waals surface area contributed by atoms with Gasteiger partial charge in [-0.3, -0.25) is 0 Å². The summed E-state index contributed by atoms with van der Waals surface area (Å²) in [5.74, 6) is 1.05. The molecule has 0 unspecified atom stereocenters. The predicted octanol–water partition coefficient (Wildman–Crippen LogP) is 2.38. The van der Waals surface area contributed by atoms with Crippen molar-refractivity contribution in [2.75, 3.05) is 19.6 Å². The summed E-state index contributed by atoms with van der Waals surface area (Å²) in [6, 6.07) is 0.954. The van der Waals surface area contributed by atoms with Crippen molar-refractivity contribution in [3.8, 4) is 0 Å². The molecule has 3 aliphatic carbocycles. The molecule has 3 rings (SSSR count). The van der Waals surface area contributed by atoms with Gasteiger partial charge >= 0.3 is 0 Å². The van der Waals surface area contributed by atoms with Crippen LogP contribution in [-0.2, 0) is 0 Å². The number of hydrogen-bond acceptors (Lipinski definition) is 2. The van der Waals surface area contributed by atoms with E-state index in [2.05, 4.69) is 4.90 Å². The second-order valence-corrected chi connectivity index (χ2v) is 6.48. The van der Waals surface area contributed by atoms with Gasteiger partial charge in [0.25, 0.3) is 0 Å². The maximum Gasteiger partial charge on any atom is 0.00965 e. The van der Waals surface area contributed by atoms with Gasteiger partial charge in [0, 0.05) is 12.6 Å². The summed E-state index contributed by atoms with van der Waals surface area (Å²) >= 11 is 0. The van der Waals surface area contributed by atoms with E-state index in [4.69, 9.17) is 5.73 Å².